The fraction of sp³-hybridized carbons (Fsp3) is 0.600. The average Bonchev–Trinajstić information content (AvgIpc) is 2.61. The second kappa shape index (κ2) is 5.38. The van der Waals surface area contributed by atoms with Gasteiger partial charge in [-0.15, -0.1) is 0 Å². The molecular formula is C10H15NO4. The summed E-state index contributed by atoms with van der Waals surface area (Å²) in [7, 11) is 0. The smallest absolute Gasteiger partial charge is 0.410 e. The number of carbonyl (C=O) groups is 2. The Hall–Kier alpha value is -1.52. The van der Waals surface area contributed by atoms with E-state index in [2.05, 4.69) is 6.58 Å². The van der Waals surface area contributed by atoms with Crippen molar-refractivity contribution in [1.82, 2.24) is 4.90 Å². The molecule has 1 rings (SSSR count). The molecule has 0 aromatic rings. The standard InChI is InChI=1S/C10H15NO4/c1-2-6-15-10(14)11-5-3-4-8(11)7-9(12)13/h2,8H,1,3-7H2,(H,12,13). The molecule has 0 saturated carbocycles. The second-order valence-electron chi connectivity index (χ2n) is 3.45. The van der Waals surface area contributed by atoms with Gasteiger partial charge in [0.15, 0.2) is 0 Å². The summed E-state index contributed by atoms with van der Waals surface area (Å²) < 4.78 is 4.86. The van der Waals surface area contributed by atoms with Crippen LogP contribution < -0.4 is 0 Å². The van der Waals surface area contributed by atoms with E-state index in [1.54, 1.807) is 0 Å². The normalized spacial score (nSPS) is 20.0. The molecule has 1 amide bonds. The fourth-order valence-electron chi connectivity index (χ4n) is 1.70. The van der Waals surface area contributed by atoms with Crippen LogP contribution in [0.15, 0.2) is 12.7 Å². The average molecular weight is 213 g/mol. The first-order valence-electron chi connectivity index (χ1n) is 4.91. The molecule has 1 aliphatic rings. The summed E-state index contributed by atoms with van der Waals surface area (Å²) in [4.78, 5) is 23.5. The van der Waals surface area contributed by atoms with Gasteiger partial charge in [-0.3, -0.25) is 4.79 Å². The number of amides is 1. The third-order valence-corrected chi connectivity index (χ3v) is 2.35. The molecule has 84 valence electrons. The minimum Gasteiger partial charge on any atom is -0.481 e. The highest BCUT2D eigenvalue weighted by Gasteiger charge is 2.31. The monoisotopic (exact) mass is 213 g/mol. The zero-order valence-corrected chi connectivity index (χ0v) is 8.52. The Bertz CT molecular complexity index is 264. The molecule has 1 aliphatic heterocycles. The Morgan fingerprint density at radius 2 is 2.33 bits per heavy atom. The van der Waals surface area contributed by atoms with Gasteiger partial charge in [0.1, 0.15) is 6.61 Å². The molecule has 1 atom stereocenters. The maximum Gasteiger partial charge on any atom is 0.410 e. The van der Waals surface area contributed by atoms with Crippen molar-refractivity contribution in [3.8, 4) is 0 Å². The van der Waals surface area contributed by atoms with Gasteiger partial charge in [0.05, 0.1) is 6.42 Å². The third-order valence-electron chi connectivity index (χ3n) is 2.35. The number of rotatable bonds is 4. The molecule has 15 heavy (non-hydrogen) atoms. The molecule has 1 unspecified atom stereocenters. The molecule has 1 fully saturated rings. The second-order valence-corrected chi connectivity index (χ2v) is 3.45. The van der Waals surface area contributed by atoms with Crippen molar-refractivity contribution in [3.63, 3.8) is 0 Å². The number of hydrogen-bond donors (Lipinski definition) is 1. The minimum atomic E-state index is -0.886. The van der Waals surface area contributed by atoms with Crippen molar-refractivity contribution in [2.75, 3.05) is 13.2 Å². The van der Waals surface area contributed by atoms with Crippen LogP contribution in [0.3, 0.4) is 0 Å². The zero-order valence-electron chi connectivity index (χ0n) is 8.52. The molecular weight excluding hydrogens is 198 g/mol. The number of carboxylic acid groups (broad SMARTS) is 1. The van der Waals surface area contributed by atoms with Gasteiger partial charge in [0.25, 0.3) is 0 Å². The number of carboxylic acids is 1. The number of nitrogens with zero attached hydrogens (tertiary/aromatic N) is 1. The first-order valence-corrected chi connectivity index (χ1v) is 4.91. The van der Waals surface area contributed by atoms with Gasteiger partial charge in [-0.2, -0.15) is 0 Å². The van der Waals surface area contributed by atoms with Crippen LogP contribution >= 0.6 is 0 Å². The molecule has 5 heteroatoms. The number of likely N-dealkylation sites (tertiary alicyclic amines) is 1. The quantitative estimate of drug-likeness (QED) is 0.713. The maximum atomic E-state index is 11.5. The summed E-state index contributed by atoms with van der Waals surface area (Å²) in [5.41, 5.74) is 0. The molecule has 0 aromatic heterocycles. The van der Waals surface area contributed by atoms with Crippen LogP contribution in [-0.4, -0.2) is 41.3 Å². The van der Waals surface area contributed by atoms with Crippen LogP contribution in [0.25, 0.3) is 0 Å². The molecule has 0 spiro atoms. The summed E-state index contributed by atoms with van der Waals surface area (Å²) in [6.07, 6.45) is 2.60. The molecule has 1 N–H and O–H groups in total. The lowest BCUT2D eigenvalue weighted by molar-refractivity contribution is -0.138. The van der Waals surface area contributed by atoms with Crippen molar-refractivity contribution in [3.05, 3.63) is 12.7 Å². The highest BCUT2D eigenvalue weighted by Crippen LogP contribution is 2.20. The lowest BCUT2D eigenvalue weighted by atomic mass is 10.1. The van der Waals surface area contributed by atoms with Crippen LogP contribution in [0.4, 0.5) is 4.79 Å². The molecule has 0 bridgehead atoms. The van der Waals surface area contributed by atoms with Gasteiger partial charge < -0.3 is 14.7 Å². The predicted octanol–water partition coefficient (Wildman–Crippen LogP) is 1.25. The van der Waals surface area contributed by atoms with Gasteiger partial charge in [0, 0.05) is 12.6 Å². The molecule has 0 radical (unpaired) electrons. The van der Waals surface area contributed by atoms with Gasteiger partial charge in [-0.05, 0) is 12.8 Å². The van der Waals surface area contributed by atoms with Crippen molar-refractivity contribution in [1.29, 1.82) is 0 Å². The summed E-state index contributed by atoms with van der Waals surface area (Å²) in [6, 6.07) is -0.222. The molecule has 1 heterocycles. The van der Waals surface area contributed by atoms with E-state index in [1.165, 1.54) is 11.0 Å². The largest absolute Gasteiger partial charge is 0.481 e. The van der Waals surface area contributed by atoms with Crippen LogP contribution in [0.5, 0.6) is 0 Å². The van der Waals surface area contributed by atoms with Crippen LogP contribution in [0.1, 0.15) is 19.3 Å². The van der Waals surface area contributed by atoms with E-state index in [4.69, 9.17) is 9.84 Å². The van der Waals surface area contributed by atoms with E-state index in [-0.39, 0.29) is 19.1 Å². The fourth-order valence-corrected chi connectivity index (χ4v) is 1.70. The Kier molecular flexibility index (Phi) is 4.15. The van der Waals surface area contributed by atoms with E-state index in [0.717, 1.165) is 12.8 Å². The highest BCUT2D eigenvalue weighted by atomic mass is 16.6. The highest BCUT2D eigenvalue weighted by molar-refractivity contribution is 5.72. The molecule has 0 aliphatic carbocycles. The SMILES string of the molecule is C=CCOC(=O)N1CCCC1CC(=O)O. The Morgan fingerprint density at radius 3 is 2.93 bits per heavy atom. The first kappa shape index (κ1) is 11.6. The maximum absolute atomic E-state index is 11.5. The van der Waals surface area contributed by atoms with E-state index in [9.17, 15) is 9.59 Å². The van der Waals surface area contributed by atoms with E-state index < -0.39 is 12.1 Å². The Labute approximate surface area is 88.3 Å². The van der Waals surface area contributed by atoms with Crippen molar-refractivity contribution < 1.29 is 19.4 Å². The lowest BCUT2D eigenvalue weighted by Gasteiger charge is -2.22. The van der Waals surface area contributed by atoms with E-state index >= 15 is 0 Å². The van der Waals surface area contributed by atoms with Crippen molar-refractivity contribution in [2.24, 2.45) is 0 Å². The zero-order chi connectivity index (χ0) is 11.3. The van der Waals surface area contributed by atoms with E-state index in [0.29, 0.717) is 6.54 Å². The van der Waals surface area contributed by atoms with E-state index in [1.807, 2.05) is 0 Å². The summed E-state index contributed by atoms with van der Waals surface area (Å²) in [6.45, 7) is 4.18. The molecule has 5 nitrogen and oxygen atoms in total. The molecule has 0 aromatic carbocycles. The number of hydrogen-bond acceptors (Lipinski definition) is 3. The Morgan fingerprint density at radius 1 is 1.60 bits per heavy atom. The van der Waals surface area contributed by atoms with Gasteiger partial charge in [0.2, 0.25) is 0 Å². The Balaban J connectivity index is 2.47. The first-order chi connectivity index (χ1) is 7.15. The minimum absolute atomic E-state index is 0.0107. The van der Waals surface area contributed by atoms with Gasteiger partial charge >= 0.3 is 12.1 Å². The number of carbonyl (C=O) groups excluding carboxylic acids is 1. The van der Waals surface area contributed by atoms with Crippen molar-refractivity contribution in [2.45, 2.75) is 25.3 Å². The van der Waals surface area contributed by atoms with Crippen LogP contribution in [-0.2, 0) is 9.53 Å². The topological polar surface area (TPSA) is 66.8 Å². The summed E-state index contributed by atoms with van der Waals surface area (Å²) >= 11 is 0. The predicted molar refractivity (Wildman–Crippen MR) is 53.5 cm³/mol. The number of aliphatic carboxylic acids is 1. The van der Waals surface area contributed by atoms with Crippen LogP contribution in [0, 0.1) is 0 Å². The third kappa shape index (κ3) is 3.27. The van der Waals surface area contributed by atoms with Crippen molar-refractivity contribution >= 4 is 12.1 Å². The van der Waals surface area contributed by atoms with Gasteiger partial charge in [-0.1, -0.05) is 12.7 Å². The number of ether oxygens (including phenoxy) is 1. The molecule has 1 saturated heterocycles. The van der Waals surface area contributed by atoms with Crippen LogP contribution in [0.2, 0.25) is 0 Å². The summed E-state index contributed by atoms with van der Waals surface area (Å²) in [5.74, 6) is -0.886. The van der Waals surface area contributed by atoms with Gasteiger partial charge in [-0.25, -0.2) is 4.79 Å². The lowest BCUT2D eigenvalue weighted by Crippen LogP contribution is -2.37. The summed E-state index contributed by atoms with van der Waals surface area (Å²) in [5, 5.41) is 8.65.